The lowest BCUT2D eigenvalue weighted by Gasteiger charge is -2.38. The van der Waals surface area contributed by atoms with Crippen molar-refractivity contribution in [1.29, 1.82) is 0 Å². The van der Waals surface area contributed by atoms with Crippen molar-refractivity contribution in [3.8, 4) is 11.5 Å². The van der Waals surface area contributed by atoms with Gasteiger partial charge in [0.05, 0.1) is 27.2 Å². The topological polar surface area (TPSA) is 45.1 Å². The highest BCUT2D eigenvalue weighted by Crippen LogP contribution is 2.50. The van der Waals surface area contributed by atoms with Gasteiger partial charge in [-0.1, -0.05) is 47.5 Å². The monoisotopic (exact) mass is 416 g/mol. The lowest BCUT2D eigenvalue weighted by atomic mass is 9.97. The second-order valence-corrected chi connectivity index (χ2v) is 8.25. The van der Waals surface area contributed by atoms with Crippen molar-refractivity contribution in [2.45, 2.75) is 18.7 Å². The fraction of sp³-hybridized carbons (Fsp3) is 0.150. The molecule has 2 atom stereocenters. The highest BCUT2D eigenvalue weighted by molar-refractivity contribution is 7.12. The van der Waals surface area contributed by atoms with E-state index in [9.17, 15) is 5.11 Å². The molecule has 2 aromatic carbocycles. The summed E-state index contributed by atoms with van der Waals surface area (Å²) in [7, 11) is 0. The van der Waals surface area contributed by atoms with Gasteiger partial charge in [-0.3, -0.25) is 0 Å². The number of hydrogen-bond donors (Lipinski definition) is 1. The van der Waals surface area contributed by atoms with E-state index in [1.54, 1.807) is 17.4 Å². The minimum atomic E-state index is -0.612. The quantitative estimate of drug-likeness (QED) is 0.556. The van der Waals surface area contributed by atoms with E-state index < -0.39 is 6.23 Å². The molecular weight excluding hydrogens is 403 g/mol. The molecule has 0 radical (unpaired) electrons. The molecular formula is C20H14Cl2N2O2S. The van der Waals surface area contributed by atoms with Gasteiger partial charge in [0.1, 0.15) is 11.5 Å². The lowest BCUT2D eigenvalue weighted by Crippen LogP contribution is -2.33. The van der Waals surface area contributed by atoms with Crippen LogP contribution in [-0.2, 0) is 0 Å². The first-order valence-electron chi connectivity index (χ1n) is 8.45. The number of fused-ring (bicyclic) bond motifs is 3. The molecule has 0 amide bonds. The number of phenols is 1. The molecule has 3 heterocycles. The van der Waals surface area contributed by atoms with Crippen LogP contribution in [0.3, 0.4) is 0 Å². The SMILES string of the molecule is Oc1c(Cl)cc(Cl)cc1[C@@H]1Oc2ccccc2[C@@H]2CC(c3cccs3)=NN21. The summed E-state index contributed by atoms with van der Waals surface area (Å²) < 4.78 is 6.23. The fourth-order valence-corrected chi connectivity index (χ4v) is 4.84. The maximum absolute atomic E-state index is 10.5. The van der Waals surface area contributed by atoms with Gasteiger partial charge in [-0.2, -0.15) is 5.10 Å². The van der Waals surface area contributed by atoms with Crippen LogP contribution in [0.1, 0.15) is 34.7 Å². The number of aromatic hydroxyl groups is 1. The third kappa shape index (κ3) is 2.78. The van der Waals surface area contributed by atoms with Crippen LogP contribution >= 0.6 is 34.5 Å². The number of hydrazone groups is 1. The van der Waals surface area contributed by atoms with Crippen LogP contribution in [-0.4, -0.2) is 15.8 Å². The zero-order chi connectivity index (χ0) is 18.5. The van der Waals surface area contributed by atoms with Crippen molar-refractivity contribution in [1.82, 2.24) is 5.01 Å². The van der Waals surface area contributed by atoms with E-state index in [0.717, 1.165) is 28.3 Å². The van der Waals surface area contributed by atoms with Crippen molar-refractivity contribution in [3.05, 3.63) is 80.0 Å². The maximum atomic E-state index is 10.5. The van der Waals surface area contributed by atoms with Crippen molar-refractivity contribution in [2.75, 3.05) is 0 Å². The molecule has 5 rings (SSSR count). The average Bonchev–Trinajstić information content (AvgIpc) is 3.33. The van der Waals surface area contributed by atoms with E-state index in [2.05, 4.69) is 12.1 Å². The van der Waals surface area contributed by atoms with Crippen molar-refractivity contribution < 1.29 is 9.84 Å². The number of rotatable bonds is 2. The predicted octanol–water partition coefficient (Wildman–Crippen LogP) is 6.00. The molecule has 7 heteroatoms. The third-order valence-corrected chi connectivity index (χ3v) is 6.25. The van der Waals surface area contributed by atoms with Crippen molar-refractivity contribution in [2.24, 2.45) is 5.10 Å². The van der Waals surface area contributed by atoms with Crippen LogP contribution in [0.25, 0.3) is 0 Å². The molecule has 0 bridgehead atoms. The number of phenolic OH excluding ortho intramolecular Hbond substituents is 1. The summed E-state index contributed by atoms with van der Waals surface area (Å²) in [6.45, 7) is 0. The second kappa shape index (κ2) is 6.44. The number of thiophene rings is 1. The van der Waals surface area contributed by atoms with Crippen molar-refractivity contribution >= 4 is 40.3 Å². The Morgan fingerprint density at radius 1 is 1.11 bits per heavy atom. The number of benzene rings is 2. The Hall–Kier alpha value is -2.21. The Labute approximate surface area is 170 Å². The van der Waals surface area contributed by atoms with Crippen LogP contribution in [0.5, 0.6) is 11.5 Å². The molecule has 0 aliphatic carbocycles. The van der Waals surface area contributed by atoms with Crippen molar-refractivity contribution in [3.63, 3.8) is 0 Å². The smallest absolute Gasteiger partial charge is 0.217 e. The Balaban J connectivity index is 1.65. The van der Waals surface area contributed by atoms with Gasteiger partial charge in [0.25, 0.3) is 0 Å². The Bertz CT molecular complexity index is 1050. The summed E-state index contributed by atoms with van der Waals surface area (Å²) in [5.41, 5.74) is 2.59. The molecule has 0 saturated heterocycles. The van der Waals surface area contributed by atoms with E-state index in [1.165, 1.54) is 6.07 Å². The number of nitrogens with zero attached hydrogens (tertiary/aromatic N) is 2. The van der Waals surface area contributed by atoms with Crippen LogP contribution in [0.15, 0.2) is 59.0 Å². The van der Waals surface area contributed by atoms with Crippen LogP contribution < -0.4 is 4.74 Å². The largest absolute Gasteiger partial charge is 0.506 e. The molecule has 3 aromatic rings. The molecule has 4 nitrogen and oxygen atoms in total. The second-order valence-electron chi connectivity index (χ2n) is 6.46. The number of para-hydroxylation sites is 1. The van der Waals surface area contributed by atoms with E-state index in [4.69, 9.17) is 33.0 Å². The first-order valence-corrected chi connectivity index (χ1v) is 10.1. The highest BCUT2D eigenvalue weighted by atomic mass is 35.5. The Morgan fingerprint density at radius 2 is 1.96 bits per heavy atom. The molecule has 0 fully saturated rings. The number of halogens is 2. The zero-order valence-corrected chi connectivity index (χ0v) is 16.3. The minimum Gasteiger partial charge on any atom is -0.506 e. The maximum Gasteiger partial charge on any atom is 0.217 e. The lowest BCUT2D eigenvalue weighted by molar-refractivity contribution is -0.0203. The van der Waals surface area contributed by atoms with E-state index in [0.29, 0.717) is 10.6 Å². The van der Waals surface area contributed by atoms with Gasteiger partial charge < -0.3 is 9.84 Å². The molecule has 1 N–H and O–H groups in total. The summed E-state index contributed by atoms with van der Waals surface area (Å²) in [5, 5.41) is 20.0. The van der Waals surface area contributed by atoms with E-state index in [-0.39, 0.29) is 16.8 Å². The van der Waals surface area contributed by atoms with Crippen LogP contribution in [0, 0.1) is 0 Å². The van der Waals surface area contributed by atoms with Gasteiger partial charge in [-0.05, 0) is 29.6 Å². The molecule has 1 aromatic heterocycles. The molecule has 2 aliphatic heterocycles. The van der Waals surface area contributed by atoms with Gasteiger partial charge in [0.15, 0.2) is 0 Å². The molecule has 2 aliphatic rings. The van der Waals surface area contributed by atoms with Crippen LogP contribution in [0.4, 0.5) is 0 Å². The van der Waals surface area contributed by atoms with Gasteiger partial charge in [0.2, 0.25) is 6.23 Å². The van der Waals surface area contributed by atoms with E-state index in [1.807, 2.05) is 34.7 Å². The summed E-state index contributed by atoms with van der Waals surface area (Å²) in [4.78, 5) is 1.13. The highest BCUT2D eigenvalue weighted by Gasteiger charge is 2.42. The third-order valence-electron chi connectivity index (χ3n) is 4.83. The molecule has 0 unspecified atom stereocenters. The minimum absolute atomic E-state index is 0.0224. The average molecular weight is 417 g/mol. The van der Waals surface area contributed by atoms with Crippen LogP contribution in [0.2, 0.25) is 10.0 Å². The van der Waals surface area contributed by atoms with Gasteiger partial charge in [-0.15, -0.1) is 11.3 Å². The standard InChI is InChI=1S/C20H14Cl2N2O2S/c21-11-8-13(19(25)14(22)9-11)20-24-16(12-4-1-2-5-17(12)26-20)10-15(23-24)18-6-3-7-27-18/h1-9,16,20,25H,10H2/t16-,20-/m0/s1. The predicted molar refractivity (Wildman–Crippen MR) is 108 cm³/mol. The first kappa shape index (κ1) is 16.9. The molecule has 136 valence electrons. The van der Waals surface area contributed by atoms with Gasteiger partial charge in [-0.25, -0.2) is 5.01 Å². The summed E-state index contributed by atoms with van der Waals surface area (Å²) >= 11 is 14.0. The van der Waals surface area contributed by atoms with Gasteiger partial charge in [0, 0.05) is 17.0 Å². The van der Waals surface area contributed by atoms with E-state index >= 15 is 0 Å². The Morgan fingerprint density at radius 3 is 2.78 bits per heavy atom. The normalized spacial score (nSPS) is 20.7. The number of hydrogen-bond acceptors (Lipinski definition) is 5. The summed E-state index contributed by atoms with van der Waals surface area (Å²) in [6, 6.07) is 15.2. The zero-order valence-electron chi connectivity index (χ0n) is 14.0. The number of ether oxygens (including phenoxy) is 1. The fourth-order valence-electron chi connectivity index (χ4n) is 3.61. The Kier molecular flexibility index (Phi) is 4.04. The summed E-state index contributed by atoms with van der Waals surface area (Å²) in [6.07, 6.45) is 0.158. The van der Waals surface area contributed by atoms with Gasteiger partial charge >= 0.3 is 0 Å². The summed E-state index contributed by atoms with van der Waals surface area (Å²) in [5.74, 6) is 0.742. The first-order chi connectivity index (χ1) is 13.1. The molecule has 0 spiro atoms. The molecule has 0 saturated carbocycles. The molecule has 27 heavy (non-hydrogen) atoms.